The van der Waals surface area contributed by atoms with Crippen LogP contribution in [0.25, 0.3) is 22.6 Å². The Balaban J connectivity index is 1.63. The predicted octanol–water partition coefficient (Wildman–Crippen LogP) is 4.94. The Kier molecular flexibility index (Phi) is 4.98. The Labute approximate surface area is 168 Å². The number of rotatable bonds is 5. The summed E-state index contributed by atoms with van der Waals surface area (Å²) in [5, 5.41) is 9.44. The third-order valence-corrected chi connectivity index (χ3v) is 5.79. The number of hydrogen-bond donors (Lipinski definition) is 1. The van der Waals surface area contributed by atoms with Crippen LogP contribution < -0.4 is 0 Å². The molecule has 4 aromatic rings. The van der Waals surface area contributed by atoms with E-state index in [2.05, 4.69) is 4.98 Å². The van der Waals surface area contributed by atoms with Gasteiger partial charge in [-0.2, -0.15) is 0 Å². The van der Waals surface area contributed by atoms with E-state index in [0.29, 0.717) is 37.4 Å². The number of halogens is 1. The number of carbonyl (C=O) groups is 1. The summed E-state index contributed by atoms with van der Waals surface area (Å²) in [7, 11) is -1.36. The average molecular weight is 412 g/mol. The highest BCUT2D eigenvalue weighted by atomic mass is 35.5. The first-order chi connectivity index (χ1) is 13.5. The lowest BCUT2D eigenvalue weighted by Crippen LogP contribution is -1.99. The number of carboxylic acids is 1. The number of aromatic nitrogens is 1. The first-order valence-electron chi connectivity index (χ1n) is 8.38. The fourth-order valence-electron chi connectivity index (χ4n) is 2.78. The summed E-state index contributed by atoms with van der Waals surface area (Å²) < 4.78 is 18.6. The van der Waals surface area contributed by atoms with Crippen molar-refractivity contribution in [2.24, 2.45) is 0 Å². The Morgan fingerprint density at radius 3 is 2.36 bits per heavy atom. The molecule has 0 radical (unpaired) electrons. The summed E-state index contributed by atoms with van der Waals surface area (Å²) in [6.45, 7) is 0. The minimum Gasteiger partial charge on any atom is -0.481 e. The number of benzene rings is 3. The molecule has 0 spiro atoms. The Hall–Kier alpha value is -2.96. The Morgan fingerprint density at radius 1 is 1.00 bits per heavy atom. The van der Waals surface area contributed by atoms with Crippen LogP contribution in [-0.4, -0.2) is 20.3 Å². The molecule has 0 aliphatic heterocycles. The molecule has 1 aromatic heterocycles. The fraction of sp³-hybridized carbons (Fsp3) is 0.0476. The lowest BCUT2D eigenvalue weighted by atomic mass is 10.1. The molecule has 28 heavy (non-hydrogen) atoms. The maximum atomic E-state index is 12.8. The molecule has 3 aromatic carbocycles. The van der Waals surface area contributed by atoms with Gasteiger partial charge in [-0.05, 0) is 60.2 Å². The van der Waals surface area contributed by atoms with Gasteiger partial charge in [-0.15, -0.1) is 0 Å². The lowest BCUT2D eigenvalue weighted by Gasteiger charge is -2.02. The molecule has 0 bridgehead atoms. The third kappa shape index (κ3) is 3.83. The molecule has 7 heteroatoms. The quantitative estimate of drug-likeness (QED) is 0.503. The zero-order valence-corrected chi connectivity index (χ0v) is 16.0. The van der Waals surface area contributed by atoms with Crippen LogP contribution in [0.4, 0.5) is 0 Å². The zero-order valence-electron chi connectivity index (χ0n) is 14.5. The van der Waals surface area contributed by atoms with Gasteiger partial charge in [0.1, 0.15) is 5.52 Å². The highest BCUT2D eigenvalue weighted by molar-refractivity contribution is 7.85. The van der Waals surface area contributed by atoms with Crippen molar-refractivity contribution in [3.05, 3.63) is 77.3 Å². The topological polar surface area (TPSA) is 80.4 Å². The summed E-state index contributed by atoms with van der Waals surface area (Å²) in [5.41, 5.74) is 2.63. The van der Waals surface area contributed by atoms with E-state index in [-0.39, 0.29) is 6.42 Å². The monoisotopic (exact) mass is 411 g/mol. The molecule has 0 saturated heterocycles. The van der Waals surface area contributed by atoms with E-state index < -0.39 is 16.8 Å². The normalized spacial score (nSPS) is 12.2. The van der Waals surface area contributed by atoms with Gasteiger partial charge in [0.05, 0.1) is 17.2 Å². The molecular formula is C21H14ClNO4S. The van der Waals surface area contributed by atoms with Crippen LogP contribution in [0, 0.1) is 0 Å². The molecule has 0 amide bonds. The van der Waals surface area contributed by atoms with Crippen LogP contribution in [-0.2, 0) is 22.0 Å². The van der Waals surface area contributed by atoms with E-state index in [0.717, 1.165) is 5.56 Å². The van der Waals surface area contributed by atoms with Crippen molar-refractivity contribution in [2.75, 3.05) is 0 Å². The summed E-state index contributed by atoms with van der Waals surface area (Å²) >= 11 is 5.88. The molecule has 1 heterocycles. The van der Waals surface area contributed by atoms with Gasteiger partial charge in [-0.3, -0.25) is 4.79 Å². The van der Waals surface area contributed by atoms with E-state index in [9.17, 15) is 9.00 Å². The van der Waals surface area contributed by atoms with Gasteiger partial charge in [-0.25, -0.2) is 9.19 Å². The summed E-state index contributed by atoms with van der Waals surface area (Å²) in [4.78, 5) is 16.5. The van der Waals surface area contributed by atoms with Crippen LogP contribution in [0.5, 0.6) is 0 Å². The summed E-state index contributed by atoms with van der Waals surface area (Å²) in [6.07, 6.45) is -0.0340. The highest BCUT2D eigenvalue weighted by Crippen LogP contribution is 2.27. The van der Waals surface area contributed by atoms with Crippen molar-refractivity contribution in [1.82, 2.24) is 4.98 Å². The second-order valence-corrected chi connectivity index (χ2v) is 8.06. The molecule has 0 saturated carbocycles. The SMILES string of the molecule is O=C(O)Cc1ccc(-c2nc3ccc(S(=O)c4ccc(Cl)cc4)cc3o2)cc1. The van der Waals surface area contributed by atoms with Gasteiger partial charge < -0.3 is 9.52 Å². The maximum absolute atomic E-state index is 12.8. The van der Waals surface area contributed by atoms with E-state index in [1.807, 2.05) is 0 Å². The molecule has 1 unspecified atom stereocenters. The van der Waals surface area contributed by atoms with Crippen molar-refractivity contribution < 1.29 is 18.5 Å². The minimum absolute atomic E-state index is 0.0340. The van der Waals surface area contributed by atoms with Crippen molar-refractivity contribution in [1.29, 1.82) is 0 Å². The first kappa shape index (κ1) is 18.4. The number of fused-ring (bicyclic) bond motifs is 1. The van der Waals surface area contributed by atoms with Crippen LogP contribution >= 0.6 is 11.6 Å². The molecule has 4 rings (SSSR count). The fourth-order valence-corrected chi connectivity index (χ4v) is 3.96. The van der Waals surface area contributed by atoms with Crippen molar-refractivity contribution in [3.63, 3.8) is 0 Å². The van der Waals surface area contributed by atoms with Crippen LogP contribution in [0.15, 0.2) is 80.9 Å². The van der Waals surface area contributed by atoms with Crippen molar-refractivity contribution in [3.8, 4) is 11.5 Å². The van der Waals surface area contributed by atoms with Gasteiger partial charge in [0.25, 0.3) is 0 Å². The highest BCUT2D eigenvalue weighted by Gasteiger charge is 2.13. The minimum atomic E-state index is -1.36. The smallest absolute Gasteiger partial charge is 0.307 e. The Bertz CT molecular complexity index is 1180. The summed E-state index contributed by atoms with van der Waals surface area (Å²) in [6, 6.07) is 19.1. The lowest BCUT2D eigenvalue weighted by molar-refractivity contribution is -0.136. The molecule has 140 valence electrons. The number of aliphatic carboxylic acids is 1. The number of hydrogen-bond acceptors (Lipinski definition) is 4. The van der Waals surface area contributed by atoms with E-state index in [1.165, 1.54) is 0 Å². The second-order valence-electron chi connectivity index (χ2n) is 6.14. The van der Waals surface area contributed by atoms with Crippen LogP contribution in [0.1, 0.15) is 5.56 Å². The maximum Gasteiger partial charge on any atom is 0.307 e. The molecule has 0 aliphatic carbocycles. The van der Waals surface area contributed by atoms with E-state index in [4.69, 9.17) is 21.1 Å². The Morgan fingerprint density at radius 2 is 1.68 bits per heavy atom. The molecular weight excluding hydrogens is 398 g/mol. The standard InChI is InChI=1S/C21H14ClNO4S/c22-15-5-7-16(8-6-15)28(26)17-9-10-18-19(12-17)27-21(23-18)14-3-1-13(2-4-14)11-20(24)25/h1-10,12H,11H2,(H,24,25). The number of nitrogens with zero attached hydrogens (tertiary/aromatic N) is 1. The number of oxazole rings is 1. The van der Waals surface area contributed by atoms with Gasteiger partial charge in [0.15, 0.2) is 5.58 Å². The first-order valence-corrected chi connectivity index (χ1v) is 9.91. The molecule has 1 N–H and O–H groups in total. The summed E-state index contributed by atoms with van der Waals surface area (Å²) in [5.74, 6) is -0.456. The van der Waals surface area contributed by atoms with Crippen molar-refractivity contribution >= 4 is 39.5 Å². The number of carboxylic acid groups (broad SMARTS) is 1. The van der Waals surface area contributed by atoms with Gasteiger partial charge in [0, 0.05) is 20.4 Å². The zero-order chi connectivity index (χ0) is 19.7. The van der Waals surface area contributed by atoms with E-state index >= 15 is 0 Å². The van der Waals surface area contributed by atoms with E-state index in [1.54, 1.807) is 66.7 Å². The van der Waals surface area contributed by atoms with Gasteiger partial charge >= 0.3 is 5.97 Å². The van der Waals surface area contributed by atoms with Gasteiger partial charge in [0.2, 0.25) is 5.89 Å². The average Bonchev–Trinajstić information content (AvgIpc) is 3.11. The molecule has 0 aliphatic rings. The second kappa shape index (κ2) is 7.58. The molecule has 1 atom stereocenters. The van der Waals surface area contributed by atoms with Crippen LogP contribution in [0.3, 0.4) is 0 Å². The third-order valence-electron chi connectivity index (χ3n) is 4.16. The molecule has 0 fully saturated rings. The predicted molar refractivity (Wildman–Crippen MR) is 107 cm³/mol. The largest absolute Gasteiger partial charge is 0.481 e. The van der Waals surface area contributed by atoms with Crippen LogP contribution in [0.2, 0.25) is 5.02 Å². The molecule has 5 nitrogen and oxygen atoms in total. The van der Waals surface area contributed by atoms with Gasteiger partial charge in [-0.1, -0.05) is 23.7 Å². The van der Waals surface area contributed by atoms with Crippen molar-refractivity contribution in [2.45, 2.75) is 16.2 Å².